The molecule has 0 nitrogen and oxygen atoms in total. The summed E-state index contributed by atoms with van der Waals surface area (Å²) in [5.74, 6) is 0. The van der Waals surface area contributed by atoms with Crippen molar-refractivity contribution in [2.75, 3.05) is 0 Å². The minimum Gasteiger partial charge on any atom is -0.0874 e. The number of hydrogen-bond acceptors (Lipinski definition) is 0. The Morgan fingerprint density at radius 1 is 1.56 bits per heavy atom. The lowest BCUT2D eigenvalue weighted by molar-refractivity contribution is 0.813. The summed E-state index contributed by atoms with van der Waals surface area (Å²) in [4.78, 5) is 0.536. The molecule has 0 aromatic heterocycles. The quantitative estimate of drug-likeness (QED) is 0.362. The van der Waals surface area contributed by atoms with Gasteiger partial charge in [-0.1, -0.05) is 47.8 Å². The van der Waals surface area contributed by atoms with Gasteiger partial charge in [-0.3, -0.25) is 0 Å². The van der Waals surface area contributed by atoms with Gasteiger partial charge in [0.1, 0.15) is 0 Å². The van der Waals surface area contributed by atoms with Crippen molar-refractivity contribution in [1.82, 2.24) is 0 Å². The molecule has 0 aromatic rings. The maximum Gasteiger partial charge on any atom is 0.0297 e. The third-order valence-electron chi connectivity index (χ3n) is 1.13. The Bertz CT molecular complexity index is 74.6. The van der Waals surface area contributed by atoms with Gasteiger partial charge in [0.15, 0.2) is 0 Å². The van der Waals surface area contributed by atoms with Gasteiger partial charge in [-0.25, -0.2) is 0 Å². The van der Waals surface area contributed by atoms with Crippen LogP contribution in [-0.2, 0) is 0 Å². The van der Waals surface area contributed by atoms with Crippen LogP contribution in [0.4, 0.5) is 0 Å². The Morgan fingerprint density at radius 3 is 2.67 bits per heavy atom. The number of halogens is 1. The van der Waals surface area contributed by atoms with Gasteiger partial charge in [-0.2, -0.15) is 0 Å². The van der Waals surface area contributed by atoms with Crippen molar-refractivity contribution in [2.45, 2.75) is 37.9 Å². The largest absolute Gasteiger partial charge is 0.0874 e. The molecule has 0 bridgehead atoms. The molecule has 1 heteroatoms. The molecule has 1 unspecified atom stereocenters. The average Bonchev–Trinajstić information content (AvgIpc) is 1.80. The van der Waals surface area contributed by atoms with Gasteiger partial charge in [0.2, 0.25) is 0 Å². The van der Waals surface area contributed by atoms with Crippen molar-refractivity contribution in [3.05, 3.63) is 12.2 Å². The molecule has 9 heavy (non-hydrogen) atoms. The molecule has 0 aliphatic rings. The molecule has 0 rings (SSSR count). The Labute approximate surface area is 66.5 Å². The molecule has 0 fully saturated rings. The standard InChI is InChI=1S/C8H15Br/c1-3-4-5-6-7-8(2)9/h6-8H,3-5H2,1-2H3. The van der Waals surface area contributed by atoms with Crippen LogP contribution in [0.25, 0.3) is 0 Å². The highest BCUT2D eigenvalue weighted by Gasteiger charge is 1.83. The third kappa shape index (κ3) is 8.22. The summed E-state index contributed by atoms with van der Waals surface area (Å²) in [5.41, 5.74) is 0. The lowest BCUT2D eigenvalue weighted by atomic mass is 10.2. The fourth-order valence-corrected chi connectivity index (χ4v) is 0.822. The summed E-state index contributed by atoms with van der Waals surface area (Å²) >= 11 is 3.44. The van der Waals surface area contributed by atoms with E-state index in [1.54, 1.807) is 0 Å². The molecule has 0 amide bonds. The molecule has 0 heterocycles. The smallest absolute Gasteiger partial charge is 0.0297 e. The predicted molar refractivity (Wildman–Crippen MR) is 47.1 cm³/mol. The van der Waals surface area contributed by atoms with Gasteiger partial charge in [0, 0.05) is 4.83 Å². The molecule has 1 atom stereocenters. The van der Waals surface area contributed by atoms with Crippen molar-refractivity contribution in [3.63, 3.8) is 0 Å². The molecule has 0 saturated heterocycles. The SMILES string of the molecule is CCCCC=CC(C)Br. The Kier molecular flexibility index (Phi) is 6.50. The van der Waals surface area contributed by atoms with Crippen molar-refractivity contribution in [1.29, 1.82) is 0 Å². The van der Waals surface area contributed by atoms with E-state index in [0.29, 0.717) is 4.83 Å². The van der Waals surface area contributed by atoms with Crippen LogP contribution >= 0.6 is 15.9 Å². The number of rotatable bonds is 4. The van der Waals surface area contributed by atoms with Crippen molar-refractivity contribution in [3.8, 4) is 0 Å². The molecule has 0 saturated carbocycles. The van der Waals surface area contributed by atoms with Gasteiger partial charge in [0.25, 0.3) is 0 Å². The van der Waals surface area contributed by atoms with E-state index in [-0.39, 0.29) is 0 Å². The fraction of sp³-hybridized carbons (Fsp3) is 0.750. The van der Waals surface area contributed by atoms with Gasteiger partial charge >= 0.3 is 0 Å². The molecule has 0 N–H and O–H groups in total. The van der Waals surface area contributed by atoms with Gasteiger partial charge in [0.05, 0.1) is 0 Å². The number of allylic oxidation sites excluding steroid dienone is 2. The van der Waals surface area contributed by atoms with E-state index in [2.05, 4.69) is 41.9 Å². The normalized spacial score (nSPS) is 14.6. The number of unbranched alkanes of at least 4 members (excludes halogenated alkanes) is 2. The minimum absolute atomic E-state index is 0.536. The summed E-state index contributed by atoms with van der Waals surface area (Å²) < 4.78 is 0. The Hall–Kier alpha value is 0.220. The zero-order valence-corrected chi connectivity index (χ0v) is 7.82. The molecular weight excluding hydrogens is 176 g/mol. The highest BCUT2D eigenvalue weighted by molar-refractivity contribution is 9.09. The molecule has 54 valence electrons. The summed E-state index contributed by atoms with van der Waals surface area (Å²) in [6, 6.07) is 0. The number of alkyl halides is 1. The van der Waals surface area contributed by atoms with E-state index < -0.39 is 0 Å². The zero-order valence-electron chi connectivity index (χ0n) is 6.23. The first kappa shape index (κ1) is 9.22. The molecule has 0 aliphatic heterocycles. The lowest BCUT2D eigenvalue weighted by Gasteiger charge is -1.90. The van der Waals surface area contributed by atoms with Crippen LogP contribution in [0.2, 0.25) is 0 Å². The summed E-state index contributed by atoms with van der Waals surface area (Å²) in [5, 5.41) is 0. The monoisotopic (exact) mass is 190 g/mol. The van der Waals surface area contributed by atoms with Gasteiger partial charge in [-0.15, -0.1) is 0 Å². The minimum atomic E-state index is 0.536. The fourth-order valence-electron chi connectivity index (χ4n) is 0.606. The molecule has 0 spiro atoms. The first-order valence-corrected chi connectivity index (χ1v) is 4.49. The Balaban J connectivity index is 3.04. The van der Waals surface area contributed by atoms with E-state index in [0.717, 1.165) is 0 Å². The third-order valence-corrected chi connectivity index (χ3v) is 1.43. The van der Waals surface area contributed by atoms with Crippen LogP contribution in [-0.4, -0.2) is 4.83 Å². The summed E-state index contributed by atoms with van der Waals surface area (Å²) in [7, 11) is 0. The van der Waals surface area contributed by atoms with Crippen LogP contribution in [0.1, 0.15) is 33.1 Å². The van der Waals surface area contributed by atoms with Crippen LogP contribution in [0.15, 0.2) is 12.2 Å². The van der Waals surface area contributed by atoms with Crippen molar-refractivity contribution in [2.24, 2.45) is 0 Å². The van der Waals surface area contributed by atoms with Crippen LogP contribution in [0, 0.1) is 0 Å². The van der Waals surface area contributed by atoms with E-state index in [4.69, 9.17) is 0 Å². The first-order valence-electron chi connectivity index (χ1n) is 3.58. The maximum absolute atomic E-state index is 3.44. The van der Waals surface area contributed by atoms with Gasteiger partial charge in [-0.05, 0) is 13.3 Å². The second-order valence-corrected chi connectivity index (χ2v) is 3.69. The molecule has 0 radical (unpaired) electrons. The Morgan fingerprint density at radius 2 is 2.22 bits per heavy atom. The lowest BCUT2D eigenvalue weighted by Crippen LogP contribution is -1.79. The van der Waals surface area contributed by atoms with Crippen molar-refractivity contribution >= 4 is 15.9 Å². The van der Waals surface area contributed by atoms with E-state index in [1.165, 1.54) is 19.3 Å². The first-order chi connectivity index (χ1) is 4.27. The van der Waals surface area contributed by atoms with E-state index in [1.807, 2.05) is 0 Å². The molecule has 0 aromatic carbocycles. The highest BCUT2D eigenvalue weighted by Crippen LogP contribution is 2.01. The van der Waals surface area contributed by atoms with Gasteiger partial charge < -0.3 is 0 Å². The number of hydrogen-bond donors (Lipinski definition) is 0. The second-order valence-electron chi connectivity index (χ2n) is 2.25. The summed E-state index contributed by atoms with van der Waals surface area (Å²) in [6.45, 7) is 4.34. The maximum atomic E-state index is 3.44. The highest BCUT2D eigenvalue weighted by atomic mass is 79.9. The van der Waals surface area contributed by atoms with Crippen LogP contribution < -0.4 is 0 Å². The average molecular weight is 191 g/mol. The van der Waals surface area contributed by atoms with Crippen molar-refractivity contribution < 1.29 is 0 Å². The zero-order chi connectivity index (χ0) is 7.11. The molecular formula is C8H15Br. The second kappa shape index (κ2) is 6.34. The van der Waals surface area contributed by atoms with Crippen LogP contribution in [0.5, 0.6) is 0 Å². The predicted octanol–water partition coefficient (Wildman–Crippen LogP) is 3.52. The topological polar surface area (TPSA) is 0 Å². The molecule has 0 aliphatic carbocycles. The van der Waals surface area contributed by atoms with Crippen LogP contribution in [0.3, 0.4) is 0 Å². The van der Waals surface area contributed by atoms with E-state index >= 15 is 0 Å². The summed E-state index contributed by atoms with van der Waals surface area (Å²) in [6.07, 6.45) is 8.27. The van der Waals surface area contributed by atoms with E-state index in [9.17, 15) is 0 Å².